The highest BCUT2D eigenvalue weighted by molar-refractivity contribution is 8.22. The van der Waals surface area contributed by atoms with E-state index in [1.165, 1.54) is 22.5 Å². The fraction of sp³-hybridized carbons (Fsp3) is 0.444. The van der Waals surface area contributed by atoms with Crippen molar-refractivity contribution in [3.63, 3.8) is 0 Å². The first-order valence-electron chi connectivity index (χ1n) is 13.0. The van der Waals surface area contributed by atoms with Gasteiger partial charge in [0.2, 0.25) is 0 Å². The summed E-state index contributed by atoms with van der Waals surface area (Å²) in [6.45, 7) is 3.94. The molecular weight excluding hydrogens is 549 g/mol. The Labute approximate surface area is 232 Å². The fourth-order valence-electron chi connectivity index (χ4n) is 4.82. The standard InChI is InChI=1S/C27H33F3N4O5S/c1-3-22-17-34(40(37,38)25-8-6-5-7-24(25)39-22)15-20-13-18(10-12-23(20)27(28,29)30)19(14-26(35)36)9-11-21-16-33(4-2)32-31-21/h5-8,10,12-13,16,19,22,37-38H,3-4,9,11,14-15,17H2,1-2H3,(H,35,36)/t19?,22-/m1/s1. The lowest BCUT2D eigenvalue weighted by molar-refractivity contribution is -0.139. The van der Waals surface area contributed by atoms with Crippen LogP contribution in [0.2, 0.25) is 0 Å². The lowest BCUT2D eigenvalue weighted by Gasteiger charge is -2.42. The van der Waals surface area contributed by atoms with Crippen LogP contribution < -0.4 is 4.74 Å². The molecule has 0 bridgehead atoms. The minimum atomic E-state index is -4.71. The molecule has 0 saturated heterocycles. The van der Waals surface area contributed by atoms with Crippen molar-refractivity contribution in [1.82, 2.24) is 19.3 Å². The van der Waals surface area contributed by atoms with Gasteiger partial charge in [0.25, 0.3) is 0 Å². The third-order valence-corrected chi connectivity index (χ3v) is 8.92. The zero-order chi connectivity index (χ0) is 29.1. The first kappa shape index (κ1) is 29.8. The van der Waals surface area contributed by atoms with Crippen LogP contribution in [0.1, 0.15) is 61.4 Å². The summed E-state index contributed by atoms with van der Waals surface area (Å²) in [6, 6.07) is 9.98. The molecule has 0 spiro atoms. The number of halogens is 3. The number of nitrogens with zero attached hydrogens (tertiary/aromatic N) is 4. The molecule has 0 fully saturated rings. The minimum absolute atomic E-state index is 0.0132. The van der Waals surface area contributed by atoms with Crippen LogP contribution in [0.25, 0.3) is 0 Å². The first-order valence-corrected chi connectivity index (χ1v) is 14.5. The van der Waals surface area contributed by atoms with Crippen molar-refractivity contribution < 1.29 is 36.9 Å². The SMILES string of the molecule is CC[C@@H]1CN(Cc2cc(C(CCc3cn(CC)nn3)CC(=O)O)ccc2C(F)(F)F)S(O)(O)c2ccccc2O1. The van der Waals surface area contributed by atoms with Gasteiger partial charge in [-0.15, -0.1) is 15.9 Å². The van der Waals surface area contributed by atoms with E-state index in [9.17, 15) is 32.2 Å². The van der Waals surface area contributed by atoms with Crippen LogP contribution >= 0.6 is 10.8 Å². The number of hydrogen-bond acceptors (Lipinski definition) is 7. The molecule has 0 amide bonds. The van der Waals surface area contributed by atoms with Gasteiger partial charge in [-0.1, -0.05) is 36.4 Å². The summed E-state index contributed by atoms with van der Waals surface area (Å²) in [5.41, 5.74) is -0.0140. The number of benzene rings is 2. The van der Waals surface area contributed by atoms with E-state index in [0.717, 1.165) is 6.07 Å². The normalized spacial score (nSPS) is 18.8. The molecule has 3 N–H and O–H groups in total. The highest BCUT2D eigenvalue weighted by Crippen LogP contribution is 2.57. The van der Waals surface area contributed by atoms with Crippen LogP contribution in [0.5, 0.6) is 5.75 Å². The second-order valence-electron chi connectivity index (χ2n) is 9.75. The molecule has 0 aliphatic carbocycles. The second kappa shape index (κ2) is 12.2. The quantitative estimate of drug-likeness (QED) is 0.258. The number of aryl methyl sites for hydroxylation is 2. The Balaban J connectivity index is 1.70. The Hall–Kier alpha value is -3.13. The summed E-state index contributed by atoms with van der Waals surface area (Å²) >= 11 is 0. The predicted molar refractivity (Wildman–Crippen MR) is 143 cm³/mol. The molecule has 9 nitrogen and oxygen atoms in total. The molecule has 4 rings (SSSR count). The van der Waals surface area contributed by atoms with E-state index < -0.39 is 47.1 Å². The average Bonchev–Trinajstić information content (AvgIpc) is 3.33. The van der Waals surface area contributed by atoms with Crippen molar-refractivity contribution in [3.8, 4) is 5.75 Å². The van der Waals surface area contributed by atoms with Gasteiger partial charge in [0, 0.05) is 19.3 Å². The van der Waals surface area contributed by atoms with E-state index in [0.29, 0.717) is 37.1 Å². The Bertz CT molecular complexity index is 1330. The second-order valence-corrected chi connectivity index (χ2v) is 11.7. The Morgan fingerprint density at radius 2 is 1.95 bits per heavy atom. The number of aromatic nitrogens is 3. The molecule has 3 aromatic rings. The molecule has 218 valence electrons. The molecule has 1 aliphatic rings. The van der Waals surface area contributed by atoms with E-state index in [4.69, 9.17) is 4.74 Å². The Kier molecular flexibility index (Phi) is 9.08. The van der Waals surface area contributed by atoms with Gasteiger partial charge in [0.1, 0.15) is 16.7 Å². The molecule has 40 heavy (non-hydrogen) atoms. The molecular formula is C27H33F3N4O5S. The number of alkyl halides is 3. The summed E-state index contributed by atoms with van der Waals surface area (Å²) in [6.07, 6.45) is -2.50. The Morgan fingerprint density at radius 3 is 2.60 bits per heavy atom. The molecule has 1 unspecified atom stereocenters. The fourth-order valence-corrected chi connectivity index (χ4v) is 6.44. The summed E-state index contributed by atoms with van der Waals surface area (Å²) in [4.78, 5) is 11.8. The van der Waals surface area contributed by atoms with Gasteiger partial charge in [0.05, 0.1) is 24.2 Å². The maximum absolute atomic E-state index is 14.1. The van der Waals surface area contributed by atoms with E-state index in [1.807, 2.05) is 13.8 Å². The van der Waals surface area contributed by atoms with E-state index in [1.54, 1.807) is 29.1 Å². The number of carboxylic acids is 1. The largest absolute Gasteiger partial charge is 0.487 e. The van der Waals surface area contributed by atoms with Crippen LogP contribution in [0.4, 0.5) is 13.2 Å². The number of ether oxygens (including phenoxy) is 1. The number of rotatable bonds is 10. The molecule has 1 aromatic heterocycles. The van der Waals surface area contributed by atoms with Gasteiger partial charge in [-0.2, -0.15) is 17.5 Å². The summed E-state index contributed by atoms with van der Waals surface area (Å²) < 4.78 is 73.8. The van der Waals surface area contributed by atoms with Crippen LogP contribution in [0.15, 0.2) is 53.6 Å². The van der Waals surface area contributed by atoms with Crippen LogP contribution in [0, 0.1) is 0 Å². The van der Waals surface area contributed by atoms with Crippen molar-refractivity contribution >= 4 is 16.7 Å². The zero-order valence-electron chi connectivity index (χ0n) is 22.2. The van der Waals surface area contributed by atoms with Gasteiger partial charge in [-0.05, 0) is 61.4 Å². The van der Waals surface area contributed by atoms with Gasteiger partial charge in [0.15, 0.2) is 0 Å². The molecule has 2 heterocycles. The van der Waals surface area contributed by atoms with Crippen molar-refractivity contribution in [2.24, 2.45) is 0 Å². The lowest BCUT2D eigenvalue weighted by Crippen LogP contribution is -2.35. The lowest BCUT2D eigenvalue weighted by atomic mass is 9.88. The van der Waals surface area contributed by atoms with Gasteiger partial charge >= 0.3 is 12.1 Å². The summed E-state index contributed by atoms with van der Waals surface area (Å²) in [5, 5.41) is 17.6. The maximum atomic E-state index is 14.1. The summed E-state index contributed by atoms with van der Waals surface area (Å²) in [5.74, 6) is -1.39. The number of aliphatic carboxylic acids is 1. The molecule has 0 saturated carbocycles. The monoisotopic (exact) mass is 582 g/mol. The topological polar surface area (TPSA) is 121 Å². The van der Waals surface area contributed by atoms with Crippen LogP contribution in [0.3, 0.4) is 0 Å². The minimum Gasteiger partial charge on any atom is -0.487 e. The smallest absolute Gasteiger partial charge is 0.416 e. The number of para-hydroxylation sites is 1. The van der Waals surface area contributed by atoms with Crippen LogP contribution in [-0.4, -0.2) is 52.1 Å². The van der Waals surface area contributed by atoms with Gasteiger partial charge in [-0.25, -0.2) is 0 Å². The van der Waals surface area contributed by atoms with Crippen molar-refractivity contribution in [2.45, 2.75) is 75.7 Å². The molecule has 13 heteroatoms. The maximum Gasteiger partial charge on any atom is 0.416 e. The van der Waals surface area contributed by atoms with Crippen molar-refractivity contribution in [1.29, 1.82) is 0 Å². The number of carboxylic acid groups (broad SMARTS) is 1. The van der Waals surface area contributed by atoms with E-state index in [2.05, 4.69) is 10.3 Å². The van der Waals surface area contributed by atoms with E-state index >= 15 is 0 Å². The third-order valence-electron chi connectivity index (χ3n) is 6.99. The highest BCUT2D eigenvalue weighted by Gasteiger charge is 2.38. The van der Waals surface area contributed by atoms with Crippen molar-refractivity contribution in [3.05, 3.63) is 71.0 Å². The van der Waals surface area contributed by atoms with E-state index in [-0.39, 0.29) is 29.2 Å². The highest BCUT2D eigenvalue weighted by atomic mass is 32.3. The number of carbonyl (C=O) groups is 1. The predicted octanol–water partition coefficient (Wildman–Crippen LogP) is 6.21. The number of fused-ring (bicyclic) bond motifs is 1. The molecule has 2 aromatic carbocycles. The van der Waals surface area contributed by atoms with Gasteiger partial charge in [-0.3, -0.25) is 18.6 Å². The molecule has 2 atom stereocenters. The first-order chi connectivity index (χ1) is 18.9. The molecule has 1 aliphatic heterocycles. The van der Waals surface area contributed by atoms with Crippen molar-refractivity contribution in [2.75, 3.05) is 6.54 Å². The van der Waals surface area contributed by atoms with Crippen LogP contribution in [-0.2, 0) is 30.5 Å². The third kappa shape index (κ3) is 6.77. The summed E-state index contributed by atoms with van der Waals surface area (Å²) in [7, 11) is -3.69. The average molecular weight is 583 g/mol. The molecule has 0 radical (unpaired) electrons. The Morgan fingerprint density at radius 1 is 1.20 bits per heavy atom. The van der Waals surface area contributed by atoms with Gasteiger partial charge < -0.3 is 9.84 Å². The number of hydrogen-bond donors (Lipinski definition) is 3. The zero-order valence-corrected chi connectivity index (χ0v) is 23.0.